The zero-order valence-corrected chi connectivity index (χ0v) is 15.5. The molecule has 0 radical (unpaired) electrons. The van der Waals surface area contributed by atoms with Crippen LogP contribution in [0.2, 0.25) is 0 Å². The quantitative estimate of drug-likeness (QED) is 0.733. The number of likely N-dealkylation sites (N-methyl/N-ethyl adjacent to an activating group) is 1. The van der Waals surface area contributed by atoms with Crippen LogP contribution in [0.1, 0.15) is 59.3 Å². The lowest BCUT2D eigenvalue weighted by Gasteiger charge is -2.60. The molecular formula is C21H31NO2. The predicted octanol–water partition coefficient (Wildman–Crippen LogP) is 3.83. The first-order valence-electron chi connectivity index (χ1n) is 9.75. The summed E-state index contributed by atoms with van der Waals surface area (Å²) in [6, 6.07) is 0.352. The number of fused-ring (bicyclic) bond motifs is 5. The SMILES string of the molecule is CC(=O)C1CCC2C3CC[C@@H]4N(C)C(=O)C=CC4(C)C3CCC12C. The molecule has 4 rings (SSSR count). The van der Waals surface area contributed by atoms with E-state index in [0.29, 0.717) is 23.7 Å². The van der Waals surface area contributed by atoms with E-state index in [-0.39, 0.29) is 22.7 Å². The van der Waals surface area contributed by atoms with Gasteiger partial charge in [-0.15, -0.1) is 0 Å². The van der Waals surface area contributed by atoms with Crippen molar-refractivity contribution in [2.24, 2.45) is 34.5 Å². The fraction of sp³-hybridized carbons (Fsp3) is 0.810. The van der Waals surface area contributed by atoms with Crippen LogP contribution in [0.3, 0.4) is 0 Å². The van der Waals surface area contributed by atoms with E-state index in [1.807, 2.05) is 11.9 Å². The molecule has 3 fully saturated rings. The van der Waals surface area contributed by atoms with E-state index in [9.17, 15) is 9.59 Å². The van der Waals surface area contributed by atoms with Crippen LogP contribution in [0.15, 0.2) is 12.2 Å². The molecule has 1 amide bonds. The summed E-state index contributed by atoms with van der Waals surface area (Å²) in [6.45, 7) is 6.58. The number of hydrogen-bond acceptors (Lipinski definition) is 2. The third kappa shape index (κ3) is 1.96. The highest BCUT2D eigenvalue weighted by molar-refractivity contribution is 5.89. The number of nitrogens with zero attached hydrogens (tertiary/aromatic N) is 1. The smallest absolute Gasteiger partial charge is 0.246 e. The Hall–Kier alpha value is -1.12. The Labute approximate surface area is 145 Å². The predicted molar refractivity (Wildman–Crippen MR) is 94.3 cm³/mol. The molecule has 0 saturated heterocycles. The Bertz CT molecular complexity index is 611. The molecule has 6 unspecified atom stereocenters. The molecule has 1 aliphatic heterocycles. The molecule has 0 aromatic carbocycles. The lowest BCUT2D eigenvalue weighted by atomic mass is 9.47. The molecule has 1 heterocycles. The van der Waals surface area contributed by atoms with Crippen molar-refractivity contribution in [1.82, 2.24) is 4.90 Å². The van der Waals surface area contributed by atoms with Crippen molar-refractivity contribution in [2.45, 2.75) is 65.3 Å². The van der Waals surface area contributed by atoms with Gasteiger partial charge in [-0.3, -0.25) is 9.59 Å². The van der Waals surface area contributed by atoms with Crippen LogP contribution in [0.25, 0.3) is 0 Å². The lowest BCUT2D eigenvalue weighted by molar-refractivity contribution is -0.141. The maximum absolute atomic E-state index is 12.2. The largest absolute Gasteiger partial charge is 0.338 e. The number of rotatable bonds is 1. The fourth-order valence-electron chi connectivity index (χ4n) is 7.41. The van der Waals surface area contributed by atoms with Gasteiger partial charge in [-0.05, 0) is 74.7 Å². The number of amides is 1. The highest BCUT2D eigenvalue weighted by Crippen LogP contribution is 2.65. The molecule has 3 heteroatoms. The van der Waals surface area contributed by atoms with Crippen molar-refractivity contribution in [3.8, 4) is 0 Å². The van der Waals surface area contributed by atoms with E-state index in [1.54, 1.807) is 13.0 Å². The molecule has 0 N–H and O–H groups in total. The van der Waals surface area contributed by atoms with Crippen LogP contribution >= 0.6 is 0 Å². The fourth-order valence-corrected chi connectivity index (χ4v) is 7.41. The Balaban J connectivity index is 1.68. The summed E-state index contributed by atoms with van der Waals surface area (Å²) in [5.74, 6) is 2.92. The van der Waals surface area contributed by atoms with Gasteiger partial charge in [0.15, 0.2) is 0 Å². The van der Waals surface area contributed by atoms with Crippen LogP contribution in [0, 0.1) is 34.5 Å². The van der Waals surface area contributed by atoms with E-state index in [0.717, 1.165) is 18.8 Å². The molecule has 3 saturated carbocycles. The number of ketones is 1. The molecule has 0 aromatic rings. The van der Waals surface area contributed by atoms with Gasteiger partial charge in [-0.25, -0.2) is 0 Å². The molecule has 0 spiro atoms. The molecule has 0 aromatic heterocycles. The van der Waals surface area contributed by atoms with E-state index < -0.39 is 0 Å². The average Bonchev–Trinajstić information content (AvgIpc) is 2.89. The van der Waals surface area contributed by atoms with Crippen LogP contribution in [0.4, 0.5) is 0 Å². The van der Waals surface area contributed by atoms with Crippen LogP contribution in [0.5, 0.6) is 0 Å². The highest BCUT2D eigenvalue weighted by Gasteiger charge is 2.60. The summed E-state index contributed by atoms with van der Waals surface area (Å²) in [6.07, 6.45) is 11.1. The van der Waals surface area contributed by atoms with E-state index in [4.69, 9.17) is 0 Å². The minimum atomic E-state index is 0.112. The van der Waals surface area contributed by atoms with Gasteiger partial charge in [0.05, 0.1) is 0 Å². The third-order valence-corrected chi connectivity index (χ3v) is 8.62. The average molecular weight is 329 g/mol. The second-order valence-electron chi connectivity index (χ2n) is 9.40. The maximum Gasteiger partial charge on any atom is 0.246 e. The summed E-state index contributed by atoms with van der Waals surface area (Å²) in [4.78, 5) is 26.3. The molecule has 24 heavy (non-hydrogen) atoms. The van der Waals surface area contributed by atoms with Gasteiger partial charge in [-0.1, -0.05) is 19.9 Å². The molecule has 4 aliphatic rings. The van der Waals surface area contributed by atoms with Gasteiger partial charge in [0.2, 0.25) is 5.91 Å². The molecule has 132 valence electrons. The van der Waals surface area contributed by atoms with E-state index in [1.165, 1.54) is 25.7 Å². The van der Waals surface area contributed by atoms with Crippen LogP contribution in [-0.2, 0) is 9.59 Å². The topological polar surface area (TPSA) is 37.4 Å². The lowest BCUT2D eigenvalue weighted by Crippen LogP contribution is -2.59. The third-order valence-electron chi connectivity index (χ3n) is 8.62. The minimum Gasteiger partial charge on any atom is -0.338 e. The first-order chi connectivity index (χ1) is 11.3. The molecule has 3 aliphatic carbocycles. The summed E-state index contributed by atoms with van der Waals surface area (Å²) in [5.41, 5.74) is 0.331. The Morgan fingerprint density at radius 1 is 1.12 bits per heavy atom. The summed E-state index contributed by atoms with van der Waals surface area (Å²) < 4.78 is 0. The minimum absolute atomic E-state index is 0.112. The zero-order valence-electron chi connectivity index (χ0n) is 15.5. The second kappa shape index (κ2) is 5.19. The summed E-state index contributed by atoms with van der Waals surface area (Å²) in [7, 11) is 1.98. The monoisotopic (exact) mass is 329 g/mol. The number of hydrogen-bond donors (Lipinski definition) is 0. The highest BCUT2D eigenvalue weighted by atomic mass is 16.2. The van der Waals surface area contributed by atoms with Gasteiger partial charge >= 0.3 is 0 Å². The van der Waals surface area contributed by atoms with E-state index in [2.05, 4.69) is 19.9 Å². The second-order valence-corrected chi connectivity index (χ2v) is 9.40. The van der Waals surface area contributed by atoms with Gasteiger partial charge in [-0.2, -0.15) is 0 Å². The summed E-state index contributed by atoms with van der Waals surface area (Å²) >= 11 is 0. The Morgan fingerprint density at radius 2 is 1.88 bits per heavy atom. The first-order valence-corrected chi connectivity index (χ1v) is 9.75. The summed E-state index contributed by atoms with van der Waals surface area (Å²) in [5, 5.41) is 0. The first kappa shape index (κ1) is 16.4. The van der Waals surface area contributed by atoms with Crippen LogP contribution < -0.4 is 0 Å². The number of carbonyl (C=O) groups excluding carboxylic acids is 2. The van der Waals surface area contributed by atoms with Gasteiger partial charge in [0.1, 0.15) is 5.78 Å². The van der Waals surface area contributed by atoms with Crippen molar-refractivity contribution >= 4 is 11.7 Å². The molecule has 3 nitrogen and oxygen atoms in total. The van der Waals surface area contributed by atoms with Crippen molar-refractivity contribution in [1.29, 1.82) is 0 Å². The van der Waals surface area contributed by atoms with Gasteiger partial charge in [0, 0.05) is 24.4 Å². The van der Waals surface area contributed by atoms with Gasteiger partial charge < -0.3 is 4.90 Å². The molecule has 0 bridgehead atoms. The molecular weight excluding hydrogens is 298 g/mol. The Morgan fingerprint density at radius 3 is 2.58 bits per heavy atom. The van der Waals surface area contributed by atoms with Crippen molar-refractivity contribution in [2.75, 3.05) is 7.05 Å². The zero-order chi connectivity index (χ0) is 17.3. The number of Topliss-reactive ketones (excluding diaryl/α,β-unsaturated/α-hetero) is 1. The van der Waals surface area contributed by atoms with Crippen LogP contribution in [-0.4, -0.2) is 29.7 Å². The van der Waals surface area contributed by atoms with Crippen molar-refractivity contribution in [3.05, 3.63) is 12.2 Å². The normalized spacial score (nSPS) is 50.2. The molecule has 7 atom stereocenters. The standard InChI is InChI=1S/C21H31NO2/c1-13(23)15-6-7-16-14-5-8-18-21(3,12-10-19(24)22(18)4)17(14)9-11-20(15,16)2/h10,12,14-18H,5-9,11H2,1-4H3/t14?,15?,16?,17?,18-,20?,21?/m0/s1. The maximum atomic E-state index is 12.2. The number of carbonyl (C=O) groups is 2. The Kier molecular flexibility index (Phi) is 3.54. The van der Waals surface area contributed by atoms with Gasteiger partial charge in [0.25, 0.3) is 0 Å². The van der Waals surface area contributed by atoms with E-state index >= 15 is 0 Å². The van der Waals surface area contributed by atoms with Crippen molar-refractivity contribution in [3.63, 3.8) is 0 Å². The van der Waals surface area contributed by atoms with Crippen molar-refractivity contribution < 1.29 is 9.59 Å².